The lowest BCUT2D eigenvalue weighted by molar-refractivity contribution is -0.137. The van der Waals surface area contributed by atoms with Crippen molar-refractivity contribution in [2.75, 3.05) is 0 Å². The number of aliphatic carboxylic acids is 1. The molecule has 1 aromatic carbocycles. The highest BCUT2D eigenvalue weighted by Gasteiger charge is 2.21. The number of amides is 1. The largest absolute Gasteiger partial charge is 0.481 e. The van der Waals surface area contributed by atoms with Crippen molar-refractivity contribution in [2.45, 2.75) is 19.1 Å². The molecule has 2 N–H and O–H groups in total. The smallest absolute Gasteiger partial charge is 0.407 e. The number of hydrogen-bond acceptors (Lipinski definition) is 4. The summed E-state index contributed by atoms with van der Waals surface area (Å²) < 4.78 is 5.89. The number of thiophene rings is 1. The zero-order chi connectivity index (χ0) is 15.9. The van der Waals surface area contributed by atoms with Crippen LogP contribution in [0.25, 0.3) is 0 Å². The van der Waals surface area contributed by atoms with Gasteiger partial charge in [0.05, 0.1) is 12.5 Å². The van der Waals surface area contributed by atoms with E-state index in [0.29, 0.717) is 0 Å². The molecule has 1 atom stereocenters. The number of carbonyl (C=O) groups is 2. The summed E-state index contributed by atoms with van der Waals surface area (Å²) in [6.45, 7) is 0.136. The van der Waals surface area contributed by atoms with Gasteiger partial charge in [-0.25, -0.2) is 4.79 Å². The van der Waals surface area contributed by atoms with E-state index in [2.05, 4.69) is 21.2 Å². The molecule has 22 heavy (non-hydrogen) atoms. The van der Waals surface area contributed by atoms with Crippen molar-refractivity contribution in [2.24, 2.45) is 0 Å². The fraction of sp³-hybridized carbons (Fsp3) is 0.200. The van der Waals surface area contributed by atoms with Gasteiger partial charge in [0.15, 0.2) is 0 Å². The number of hydrogen-bond donors (Lipinski definition) is 2. The lowest BCUT2D eigenvalue weighted by atomic mass is 10.1. The van der Waals surface area contributed by atoms with Crippen LogP contribution in [0.4, 0.5) is 4.79 Å². The van der Waals surface area contributed by atoms with Gasteiger partial charge in [0.1, 0.15) is 6.61 Å². The molecule has 0 unspecified atom stereocenters. The van der Waals surface area contributed by atoms with E-state index in [1.807, 2.05) is 35.7 Å². The van der Waals surface area contributed by atoms with Gasteiger partial charge in [0.25, 0.3) is 0 Å². The Morgan fingerprint density at radius 1 is 1.27 bits per heavy atom. The van der Waals surface area contributed by atoms with Crippen LogP contribution in [-0.2, 0) is 16.1 Å². The van der Waals surface area contributed by atoms with Gasteiger partial charge in [-0.1, -0.05) is 30.3 Å². The fourth-order valence-corrected chi connectivity index (χ4v) is 3.49. The van der Waals surface area contributed by atoms with E-state index in [1.54, 1.807) is 5.38 Å². The summed E-state index contributed by atoms with van der Waals surface area (Å²) >= 11 is 4.77. The summed E-state index contributed by atoms with van der Waals surface area (Å²) in [4.78, 5) is 22.8. The highest BCUT2D eigenvalue weighted by atomic mass is 79.9. The summed E-state index contributed by atoms with van der Waals surface area (Å²) in [5.41, 5.74) is 1.59. The Morgan fingerprint density at radius 2 is 2.00 bits per heavy atom. The molecule has 0 fully saturated rings. The predicted octanol–water partition coefficient (Wildman–Crippen LogP) is 3.95. The maximum absolute atomic E-state index is 11.9. The second-order valence-electron chi connectivity index (χ2n) is 4.53. The maximum Gasteiger partial charge on any atom is 0.407 e. The first-order valence-electron chi connectivity index (χ1n) is 6.47. The van der Waals surface area contributed by atoms with Crippen molar-refractivity contribution in [3.05, 3.63) is 56.7 Å². The molecule has 7 heteroatoms. The van der Waals surface area contributed by atoms with Gasteiger partial charge in [-0.15, -0.1) is 0 Å². The Kier molecular flexibility index (Phi) is 5.97. The molecule has 5 nitrogen and oxygen atoms in total. The Hall–Kier alpha value is -1.86. The van der Waals surface area contributed by atoms with E-state index < -0.39 is 18.1 Å². The topological polar surface area (TPSA) is 75.6 Å². The monoisotopic (exact) mass is 383 g/mol. The normalized spacial score (nSPS) is 11.7. The maximum atomic E-state index is 11.9. The number of ether oxygens (including phenoxy) is 1. The minimum atomic E-state index is -0.994. The third-order valence-electron chi connectivity index (χ3n) is 2.90. The standard InChI is InChI=1S/C15H14BrNO4S/c16-12-9-22-8-11(12)13(6-14(18)19)17-15(20)21-7-10-4-2-1-3-5-10/h1-5,8-9,13H,6-7H2,(H,17,20)(H,18,19)/t13-/m1/s1. The zero-order valence-corrected chi connectivity index (χ0v) is 13.9. The molecular weight excluding hydrogens is 370 g/mol. The number of carboxylic acids is 1. The molecule has 0 aliphatic heterocycles. The van der Waals surface area contributed by atoms with E-state index in [9.17, 15) is 9.59 Å². The lowest BCUT2D eigenvalue weighted by Gasteiger charge is -2.16. The molecule has 0 radical (unpaired) electrons. The van der Waals surface area contributed by atoms with E-state index in [1.165, 1.54) is 11.3 Å². The number of nitrogens with one attached hydrogen (secondary N) is 1. The van der Waals surface area contributed by atoms with Crippen molar-refractivity contribution in [3.8, 4) is 0 Å². The van der Waals surface area contributed by atoms with Crippen LogP contribution >= 0.6 is 27.3 Å². The third-order valence-corrected chi connectivity index (χ3v) is 4.65. The lowest BCUT2D eigenvalue weighted by Crippen LogP contribution is -2.30. The van der Waals surface area contributed by atoms with Gasteiger partial charge >= 0.3 is 12.1 Å². The van der Waals surface area contributed by atoms with Crippen LogP contribution in [0.5, 0.6) is 0 Å². The van der Waals surface area contributed by atoms with Gasteiger partial charge in [-0.05, 0) is 32.4 Å². The van der Waals surface area contributed by atoms with Gasteiger partial charge < -0.3 is 15.2 Å². The second-order valence-corrected chi connectivity index (χ2v) is 6.13. The Morgan fingerprint density at radius 3 is 2.59 bits per heavy atom. The van der Waals surface area contributed by atoms with Crippen molar-refractivity contribution in [1.82, 2.24) is 5.32 Å². The summed E-state index contributed by atoms with van der Waals surface area (Å²) in [5, 5.41) is 15.2. The number of halogens is 1. The highest BCUT2D eigenvalue weighted by molar-refractivity contribution is 9.10. The average molecular weight is 384 g/mol. The van der Waals surface area contributed by atoms with Crippen molar-refractivity contribution >= 4 is 39.3 Å². The summed E-state index contributed by atoms with van der Waals surface area (Å²) in [7, 11) is 0. The molecule has 1 amide bonds. The zero-order valence-electron chi connectivity index (χ0n) is 11.5. The summed E-state index contributed by atoms with van der Waals surface area (Å²) in [6.07, 6.45) is -0.858. The molecule has 0 saturated carbocycles. The van der Waals surface area contributed by atoms with E-state index in [4.69, 9.17) is 9.84 Å². The number of carbonyl (C=O) groups excluding carboxylic acids is 1. The Balaban J connectivity index is 1.96. The van der Waals surface area contributed by atoms with Crippen molar-refractivity contribution < 1.29 is 19.4 Å². The second kappa shape index (κ2) is 7.95. The molecule has 0 bridgehead atoms. The van der Waals surface area contributed by atoms with Crippen LogP contribution in [0.15, 0.2) is 45.6 Å². The van der Waals surface area contributed by atoms with Crippen LogP contribution in [-0.4, -0.2) is 17.2 Å². The van der Waals surface area contributed by atoms with Gasteiger partial charge in [-0.3, -0.25) is 4.79 Å². The number of carboxylic acid groups (broad SMARTS) is 1. The minimum absolute atomic E-state index is 0.136. The van der Waals surface area contributed by atoms with E-state index in [0.717, 1.165) is 15.6 Å². The molecule has 2 rings (SSSR count). The van der Waals surface area contributed by atoms with Crippen LogP contribution in [0.3, 0.4) is 0 Å². The highest BCUT2D eigenvalue weighted by Crippen LogP contribution is 2.29. The van der Waals surface area contributed by atoms with Gasteiger partial charge in [0.2, 0.25) is 0 Å². The fourth-order valence-electron chi connectivity index (χ4n) is 1.86. The quantitative estimate of drug-likeness (QED) is 0.791. The van der Waals surface area contributed by atoms with Gasteiger partial charge in [-0.2, -0.15) is 11.3 Å². The molecule has 0 saturated heterocycles. The molecular formula is C15H14BrNO4S. The first-order valence-corrected chi connectivity index (χ1v) is 8.20. The molecule has 0 spiro atoms. The van der Waals surface area contributed by atoms with Crippen LogP contribution in [0, 0.1) is 0 Å². The van der Waals surface area contributed by atoms with Crippen LogP contribution in [0.2, 0.25) is 0 Å². The molecule has 116 valence electrons. The van der Waals surface area contributed by atoms with Crippen molar-refractivity contribution in [3.63, 3.8) is 0 Å². The number of alkyl carbamates (subject to hydrolysis) is 1. The first-order chi connectivity index (χ1) is 10.6. The molecule has 1 aromatic heterocycles. The molecule has 1 heterocycles. The SMILES string of the molecule is O=C(O)C[C@@H](NC(=O)OCc1ccccc1)c1cscc1Br. The van der Waals surface area contributed by atoms with Gasteiger partial charge in [0, 0.05) is 9.85 Å². The Labute approximate surface area is 140 Å². The molecule has 0 aliphatic rings. The Bertz CT molecular complexity index is 644. The van der Waals surface area contributed by atoms with Crippen molar-refractivity contribution in [1.29, 1.82) is 0 Å². The molecule has 2 aromatic rings. The average Bonchev–Trinajstić information content (AvgIpc) is 2.91. The predicted molar refractivity (Wildman–Crippen MR) is 86.8 cm³/mol. The summed E-state index contributed by atoms with van der Waals surface area (Å²) in [6, 6.07) is 8.63. The molecule has 0 aliphatic carbocycles. The first kappa shape index (κ1) is 16.5. The van der Waals surface area contributed by atoms with Crippen LogP contribution < -0.4 is 5.32 Å². The third kappa shape index (κ3) is 4.85. The summed E-state index contributed by atoms with van der Waals surface area (Å²) in [5.74, 6) is -0.994. The van der Waals surface area contributed by atoms with E-state index in [-0.39, 0.29) is 13.0 Å². The van der Waals surface area contributed by atoms with Crippen LogP contribution in [0.1, 0.15) is 23.6 Å². The van der Waals surface area contributed by atoms with E-state index >= 15 is 0 Å². The number of benzene rings is 1. The number of rotatable bonds is 6. The minimum Gasteiger partial charge on any atom is -0.481 e.